The zero-order valence-corrected chi connectivity index (χ0v) is 12.2. The second kappa shape index (κ2) is 6.99. The number of hydrogen-bond acceptors (Lipinski definition) is 3. The van der Waals surface area contributed by atoms with Crippen LogP contribution in [0.4, 0.5) is 4.39 Å². The Balaban J connectivity index is 2.11. The van der Waals surface area contributed by atoms with Crippen LogP contribution in [0.25, 0.3) is 0 Å². The SMILES string of the molecule is COc1ccc(C=O)cc1CN(C)Cc1cccc(F)c1. The maximum absolute atomic E-state index is 13.2. The van der Waals surface area contributed by atoms with Crippen molar-refractivity contribution in [2.45, 2.75) is 13.1 Å². The van der Waals surface area contributed by atoms with Gasteiger partial charge in [-0.25, -0.2) is 4.39 Å². The second-order valence-electron chi connectivity index (χ2n) is 4.99. The van der Waals surface area contributed by atoms with Crippen LogP contribution in [0.5, 0.6) is 5.75 Å². The number of nitrogens with zero attached hydrogens (tertiary/aromatic N) is 1. The topological polar surface area (TPSA) is 29.5 Å². The van der Waals surface area contributed by atoms with Crippen molar-refractivity contribution >= 4 is 6.29 Å². The molecule has 0 aliphatic carbocycles. The molecule has 0 radical (unpaired) electrons. The third kappa shape index (κ3) is 4.13. The molecular formula is C17H18FNO2. The third-order valence-electron chi connectivity index (χ3n) is 3.22. The summed E-state index contributed by atoms with van der Waals surface area (Å²) in [5.41, 5.74) is 2.45. The predicted octanol–water partition coefficient (Wildman–Crippen LogP) is 3.28. The molecule has 0 aromatic heterocycles. The first-order chi connectivity index (χ1) is 10.1. The van der Waals surface area contributed by atoms with E-state index in [0.717, 1.165) is 23.2 Å². The van der Waals surface area contributed by atoms with Crippen LogP contribution < -0.4 is 4.74 Å². The Hall–Kier alpha value is -2.20. The highest BCUT2D eigenvalue weighted by Gasteiger charge is 2.08. The van der Waals surface area contributed by atoms with Crippen LogP contribution >= 0.6 is 0 Å². The molecule has 0 saturated carbocycles. The Morgan fingerprint density at radius 3 is 2.67 bits per heavy atom. The van der Waals surface area contributed by atoms with Crippen molar-refractivity contribution in [1.29, 1.82) is 0 Å². The number of halogens is 1. The van der Waals surface area contributed by atoms with Gasteiger partial charge in [0.05, 0.1) is 7.11 Å². The standard InChI is InChI=1S/C17H18FNO2/c1-19(10-13-4-3-5-16(18)9-13)11-15-8-14(12-20)6-7-17(15)21-2/h3-9,12H,10-11H2,1-2H3. The molecule has 0 aliphatic rings. The molecule has 2 aromatic rings. The average Bonchev–Trinajstić information content (AvgIpc) is 2.47. The van der Waals surface area contributed by atoms with Crippen LogP contribution in [0.2, 0.25) is 0 Å². The molecule has 0 aliphatic heterocycles. The summed E-state index contributed by atoms with van der Waals surface area (Å²) in [5, 5.41) is 0. The van der Waals surface area contributed by atoms with Gasteiger partial charge in [0.2, 0.25) is 0 Å². The molecule has 21 heavy (non-hydrogen) atoms. The molecular weight excluding hydrogens is 269 g/mol. The van der Waals surface area contributed by atoms with Crippen LogP contribution in [-0.4, -0.2) is 25.3 Å². The van der Waals surface area contributed by atoms with E-state index in [4.69, 9.17) is 4.74 Å². The fourth-order valence-electron chi connectivity index (χ4n) is 2.29. The predicted molar refractivity (Wildman–Crippen MR) is 80.0 cm³/mol. The normalized spacial score (nSPS) is 10.7. The van der Waals surface area contributed by atoms with Crippen molar-refractivity contribution < 1.29 is 13.9 Å². The van der Waals surface area contributed by atoms with E-state index < -0.39 is 0 Å². The maximum atomic E-state index is 13.2. The maximum Gasteiger partial charge on any atom is 0.150 e. The van der Waals surface area contributed by atoms with E-state index in [-0.39, 0.29) is 5.82 Å². The quantitative estimate of drug-likeness (QED) is 0.764. The van der Waals surface area contributed by atoms with Crippen LogP contribution in [0.3, 0.4) is 0 Å². The number of carbonyl (C=O) groups excluding carboxylic acids is 1. The molecule has 0 amide bonds. The lowest BCUT2D eigenvalue weighted by Gasteiger charge is -2.19. The number of benzene rings is 2. The summed E-state index contributed by atoms with van der Waals surface area (Å²) < 4.78 is 18.5. The Kier molecular flexibility index (Phi) is 5.06. The summed E-state index contributed by atoms with van der Waals surface area (Å²) in [6.07, 6.45) is 0.815. The first kappa shape index (κ1) is 15.2. The fourth-order valence-corrected chi connectivity index (χ4v) is 2.29. The third-order valence-corrected chi connectivity index (χ3v) is 3.22. The lowest BCUT2D eigenvalue weighted by Crippen LogP contribution is -2.18. The molecule has 4 heteroatoms. The van der Waals surface area contributed by atoms with Gasteiger partial charge in [0.25, 0.3) is 0 Å². The molecule has 2 aromatic carbocycles. The molecule has 0 N–H and O–H groups in total. The molecule has 3 nitrogen and oxygen atoms in total. The molecule has 0 unspecified atom stereocenters. The fraction of sp³-hybridized carbons (Fsp3) is 0.235. The Labute approximate surface area is 124 Å². The lowest BCUT2D eigenvalue weighted by atomic mass is 10.1. The first-order valence-corrected chi connectivity index (χ1v) is 6.67. The van der Waals surface area contributed by atoms with Gasteiger partial charge in [0.15, 0.2) is 0 Å². The zero-order valence-electron chi connectivity index (χ0n) is 12.2. The minimum absolute atomic E-state index is 0.235. The van der Waals surface area contributed by atoms with Crippen molar-refractivity contribution in [2.24, 2.45) is 0 Å². The number of hydrogen-bond donors (Lipinski definition) is 0. The van der Waals surface area contributed by atoms with Gasteiger partial charge in [-0.15, -0.1) is 0 Å². The number of rotatable bonds is 6. The average molecular weight is 287 g/mol. The summed E-state index contributed by atoms with van der Waals surface area (Å²) in [6.45, 7) is 1.23. The Morgan fingerprint density at radius 2 is 2.00 bits per heavy atom. The first-order valence-electron chi connectivity index (χ1n) is 6.67. The highest BCUT2D eigenvalue weighted by molar-refractivity contribution is 5.75. The second-order valence-corrected chi connectivity index (χ2v) is 4.99. The summed E-state index contributed by atoms with van der Waals surface area (Å²) >= 11 is 0. The number of aldehydes is 1. The van der Waals surface area contributed by atoms with Crippen LogP contribution in [0, 0.1) is 5.82 Å². The molecule has 0 heterocycles. The van der Waals surface area contributed by atoms with Gasteiger partial charge in [-0.3, -0.25) is 9.69 Å². The van der Waals surface area contributed by atoms with Gasteiger partial charge < -0.3 is 4.74 Å². The molecule has 0 fully saturated rings. The van der Waals surface area contributed by atoms with Gasteiger partial charge >= 0.3 is 0 Å². The molecule has 0 saturated heterocycles. The largest absolute Gasteiger partial charge is 0.496 e. The zero-order chi connectivity index (χ0) is 15.2. The van der Waals surface area contributed by atoms with Crippen molar-refractivity contribution in [2.75, 3.05) is 14.2 Å². The van der Waals surface area contributed by atoms with E-state index in [0.29, 0.717) is 18.7 Å². The van der Waals surface area contributed by atoms with Crippen LogP contribution in [0.1, 0.15) is 21.5 Å². The Morgan fingerprint density at radius 1 is 1.19 bits per heavy atom. The molecule has 0 bridgehead atoms. The lowest BCUT2D eigenvalue weighted by molar-refractivity contribution is 0.112. The monoisotopic (exact) mass is 287 g/mol. The summed E-state index contributed by atoms with van der Waals surface area (Å²) in [4.78, 5) is 12.9. The van der Waals surface area contributed by atoms with Crippen molar-refractivity contribution in [1.82, 2.24) is 4.90 Å². The van der Waals surface area contributed by atoms with Gasteiger partial charge in [0, 0.05) is 24.2 Å². The Bertz CT molecular complexity index is 628. The van der Waals surface area contributed by atoms with Crippen molar-refractivity contribution in [3.8, 4) is 5.75 Å². The van der Waals surface area contributed by atoms with E-state index in [1.165, 1.54) is 12.1 Å². The van der Waals surface area contributed by atoms with Gasteiger partial charge in [0.1, 0.15) is 17.9 Å². The van der Waals surface area contributed by atoms with E-state index in [9.17, 15) is 9.18 Å². The summed E-state index contributed by atoms with van der Waals surface area (Å²) in [6, 6.07) is 11.9. The van der Waals surface area contributed by atoms with Gasteiger partial charge in [-0.1, -0.05) is 12.1 Å². The smallest absolute Gasteiger partial charge is 0.150 e. The summed E-state index contributed by atoms with van der Waals surface area (Å²) in [7, 11) is 3.55. The highest BCUT2D eigenvalue weighted by atomic mass is 19.1. The van der Waals surface area contributed by atoms with Crippen molar-refractivity contribution in [3.05, 3.63) is 65.0 Å². The molecule has 2 rings (SSSR count). The molecule has 110 valence electrons. The highest BCUT2D eigenvalue weighted by Crippen LogP contribution is 2.21. The number of carbonyl (C=O) groups is 1. The van der Waals surface area contributed by atoms with E-state index in [1.807, 2.05) is 24.1 Å². The van der Waals surface area contributed by atoms with E-state index >= 15 is 0 Å². The minimum Gasteiger partial charge on any atom is -0.496 e. The van der Waals surface area contributed by atoms with E-state index in [2.05, 4.69) is 0 Å². The van der Waals surface area contributed by atoms with E-state index in [1.54, 1.807) is 25.3 Å². The van der Waals surface area contributed by atoms with Crippen molar-refractivity contribution in [3.63, 3.8) is 0 Å². The van der Waals surface area contributed by atoms with Crippen LogP contribution in [0.15, 0.2) is 42.5 Å². The number of methoxy groups -OCH3 is 1. The van der Waals surface area contributed by atoms with Gasteiger partial charge in [-0.05, 0) is 42.9 Å². The molecule has 0 atom stereocenters. The number of ether oxygens (including phenoxy) is 1. The minimum atomic E-state index is -0.235. The van der Waals surface area contributed by atoms with Crippen LogP contribution in [-0.2, 0) is 13.1 Å². The summed E-state index contributed by atoms with van der Waals surface area (Å²) in [5.74, 6) is 0.508. The van der Waals surface area contributed by atoms with Gasteiger partial charge in [-0.2, -0.15) is 0 Å². The molecule has 0 spiro atoms.